The fourth-order valence-corrected chi connectivity index (χ4v) is 1.75. The van der Waals surface area contributed by atoms with Crippen LogP contribution in [0.4, 0.5) is 0 Å². The van der Waals surface area contributed by atoms with E-state index in [0.717, 1.165) is 5.56 Å². The molecule has 1 rings (SSSR count). The molecule has 0 radical (unpaired) electrons. The van der Waals surface area contributed by atoms with Gasteiger partial charge in [-0.05, 0) is 38.0 Å². The van der Waals surface area contributed by atoms with Crippen molar-refractivity contribution in [3.63, 3.8) is 0 Å². The molecule has 8 heteroatoms. The highest BCUT2D eigenvalue weighted by molar-refractivity contribution is 6.42. The SMILES string of the molecule is CC(C)N=C(N)/N=C(\N)NOCCc1ccc(Cl)c(Cl)c1. The zero-order chi connectivity index (χ0) is 15.8. The van der Waals surface area contributed by atoms with Gasteiger partial charge in [0.2, 0.25) is 11.9 Å². The van der Waals surface area contributed by atoms with Gasteiger partial charge >= 0.3 is 0 Å². The molecule has 0 spiro atoms. The average Bonchev–Trinajstić information content (AvgIpc) is 2.37. The van der Waals surface area contributed by atoms with Crippen molar-refractivity contribution in [3.05, 3.63) is 33.8 Å². The van der Waals surface area contributed by atoms with E-state index in [4.69, 9.17) is 39.5 Å². The smallest absolute Gasteiger partial charge is 0.221 e. The number of nitrogens with two attached hydrogens (primary N) is 2. The standard InChI is InChI=1S/C13H19Cl2N5O/c1-8(2)18-12(16)19-13(17)20-21-6-5-9-3-4-10(14)11(15)7-9/h3-4,7-8H,5-6H2,1-2H3,(H5,16,17,18,19,20). The minimum Gasteiger partial charge on any atom is -0.368 e. The summed E-state index contributed by atoms with van der Waals surface area (Å²) in [5, 5.41) is 1.04. The quantitative estimate of drug-likeness (QED) is 0.333. The number of aliphatic imine (C=N–C) groups is 2. The van der Waals surface area contributed by atoms with Crippen LogP contribution in [0.5, 0.6) is 0 Å². The first kappa shape index (κ1) is 17.6. The van der Waals surface area contributed by atoms with Crippen LogP contribution in [-0.2, 0) is 11.3 Å². The average molecular weight is 332 g/mol. The van der Waals surface area contributed by atoms with Gasteiger partial charge in [-0.15, -0.1) is 0 Å². The molecule has 0 aliphatic carbocycles. The molecular formula is C13H19Cl2N5O. The molecule has 0 bridgehead atoms. The molecule has 0 amide bonds. The fourth-order valence-electron chi connectivity index (χ4n) is 1.43. The zero-order valence-corrected chi connectivity index (χ0v) is 13.4. The molecule has 116 valence electrons. The number of hydrogen-bond acceptors (Lipinski definition) is 2. The molecular weight excluding hydrogens is 313 g/mol. The van der Waals surface area contributed by atoms with Crippen LogP contribution in [0.3, 0.4) is 0 Å². The molecule has 0 heterocycles. The van der Waals surface area contributed by atoms with Gasteiger partial charge in [0.05, 0.1) is 16.7 Å². The van der Waals surface area contributed by atoms with Gasteiger partial charge in [0.25, 0.3) is 0 Å². The van der Waals surface area contributed by atoms with E-state index in [1.807, 2.05) is 19.9 Å². The van der Waals surface area contributed by atoms with Gasteiger partial charge in [0.15, 0.2) is 0 Å². The Morgan fingerprint density at radius 2 is 2.00 bits per heavy atom. The minimum atomic E-state index is 0.0473. The van der Waals surface area contributed by atoms with Crippen LogP contribution >= 0.6 is 23.2 Å². The largest absolute Gasteiger partial charge is 0.368 e. The Balaban J connectivity index is 2.36. The molecule has 0 atom stereocenters. The maximum atomic E-state index is 5.92. The van der Waals surface area contributed by atoms with Gasteiger partial charge < -0.3 is 11.5 Å². The number of rotatable bonds is 5. The lowest BCUT2D eigenvalue weighted by Crippen LogP contribution is -2.34. The molecule has 0 aliphatic heterocycles. The van der Waals surface area contributed by atoms with Crippen LogP contribution in [-0.4, -0.2) is 24.6 Å². The predicted molar refractivity (Wildman–Crippen MR) is 87.6 cm³/mol. The third-order valence-electron chi connectivity index (χ3n) is 2.28. The lowest BCUT2D eigenvalue weighted by atomic mass is 10.2. The first-order valence-electron chi connectivity index (χ1n) is 6.37. The first-order chi connectivity index (χ1) is 9.88. The highest BCUT2D eigenvalue weighted by Crippen LogP contribution is 2.22. The second-order valence-corrected chi connectivity index (χ2v) is 5.34. The Morgan fingerprint density at radius 3 is 2.62 bits per heavy atom. The van der Waals surface area contributed by atoms with Gasteiger partial charge in [-0.25, -0.2) is 10.5 Å². The van der Waals surface area contributed by atoms with Gasteiger partial charge in [-0.3, -0.25) is 4.84 Å². The number of nitrogens with one attached hydrogen (secondary N) is 1. The molecule has 0 saturated carbocycles. The summed E-state index contributed by atoms with van der Waals surface area (Å²) in [6.45, 7) is 4.16. The molecule has 1 aromatic rings. The summed E-state index contributed by atoms with van der Waals surface area (Å²) in [6.07, 6.45) is 0.646. The molecule has 0 aliphatic rings. The number of hydroxylamine groups is 1. The van der Waals surface area contributed by atoms with Crippen LogP contribution in [0.2, 0.25) is 10.0 Å². The van der Waals surface area contributed by atoms with Crippen LogP contribution in [0.25, 0.3) is 0 Å². The van der Waals surface area contributed by atoms with Crippen LogP contribution in [0.1, 0.15) is 19.4 Å². The number of guanidine groups is 2. The molecule has 0 unspecified atom stereocenters. The van der Waals surface area contributed by atoms with Crippen molar-refractivity contribution in [1.29, 1.82) is 0 Å². The van der Waals surface area contributed by atoms with Crippen molar-refractivity contribution in [2.24, 2.45) is 21.5 Å². The summed E-state index contributed by atoms with van der Waals surface area (Å²) >= 11 is 11.8. The topological polar surface area (TPSA) is 98.0 Å². The molecule has 1 aromatic carbocycles. The minimum absolute atomic E-state index is 0.0473. The molecule has 21 heavy (non-hydrogen) atoms. The number of benzene rings is 1. The van der Waals surface area contributed by atoms with Crippen molar-refractivity contribution < 1.29 is 4.84 Å². The van der Waals surface area contributed by atoms with Gasteiger partial charge in [0.1, 0.15) is 0 Å². The van der Waals surface area contributed by atoms with E-state index in [1.165, 1.54) is 0 Å². The van der Waals surface area contributed by atoms with E-state index in [9.17, 15) is 0 Å². The van der Waals surface area contributed by atoms with Crippen molar-refractivity contribution in [1.82, 2.24) is 5.48 Å². The lowest BCUT2D eigenvalue weighted by molar-refractivity contribution is 0.0869. The number of hydrogen-bond donors (Lipinski definition) is 3. The van der Waals surface area contributed by atoms with Gasteiger partial charge in [-0.1, -0.05) is 29.3 Å². The van der Waals surface area contributed by atoms with E-state index in [-0.39, 0.29) is 18.0 Å². The van der Waals surface area contributed by atoms with Crippen LogP contribution in [0.15, 0.2) is 28.2 Å². The second kappa shape index (κ2) is 8.71. The lowest BCUT2D eigenvalue weighted by Gasteiger charge is -2.07. The van der Waals surface area contributed by atoms with E-state index < -0.39 is 0 Å². The Kier molecular flexibility index (Phi) is 7.28. The fraction of sp³-hybridized carbons (Fsp3) is 0.385. The summed E-state index contributed by atoms with van der Waals surface area (Å²) in [4.78, 5) is 13.0. The maximum absolute atomic E-state index is 5.92. The van der Waals surface area contributed by atoms with E-state index in [1.54, 1.807) is 12.1 Å². The van der Waals surface area contributed by atoms with Crippen molar-refractivity contribution in [2.75, 3.05) is 6.61 Å². The van der Waals surface area contributed by atoms with Crippen molar-refractivity contribution >= 4 is 35.1 Å². The summed E-state index contributed by atoms with van der Waals surface area (Å²) in [6, 6.07) is 5.46. The molecule has 5 N–H and O–H groups in total. The van der Waals surface area contributed by atoms with Crippen LogP contribution in [0, 0.1) is 0 Å². The normalized spacial score (nSPS) is 12.8. The highest BCUT2D eigenvalue weighted by Gasteiger charge is 2.00. The van der Waals surface area contributed by atoms with Crippen molar-refractivity contribution in [3.8, 4) is 0 Å². The maximum Gasteiger partial charge on any atom is 0.221 e. The molecule has 6 nitrogen and oxygen atoms in total. The van der Waals surface area contributed by atoms with E-state index in [0.29, 0.717) is 23.1 Å². The van der Waals surface area contributed by atoms with E-state index >= 15 is 0 Å². The Labute approximate surface area is 134 Å². The Hall–Kier alpha value is -1.50. The van der Waals surface area contributed by atoms with Crippen molar-refractivity contribution in [2.45, 2.75) is 26.3 Å². The third-order valence-corrected chi connectivity index (χ3v) is 3.02. The predicted octanol–water partition coefficient (Wildman–Crippen LogP) is 2.09. The van der Waals surface area contributed by atoms with Gasteiger partial charge in [0, 0.05) is 6.04 Å². The Bertz CT molecular complexity index is 531. The summed E-state index contributed by atoms with van der Waals surface area (Å²) < 4.78 is 0. The first-order valence-corrected chi connectivity index (χ1v) is 7.13. The third kappa shape index (κ3) is 7.17. The Morgan fingerprint density at radius 1 is 1.29 bits per heavy atom. The summed E-state index contributed by atoms with van der Waals surface area (Å²) in [5.74, 6) is 0.147. The highest BCUT2D eigenvalue weighted by atomic mass is 35.5. The van der Waals surface area contributed by atoms with E-state index in [2.05, 4.69) is 15.5 Å². The molecule has 0 fully saturated rings. The number of halogens is 2. The molecule has 0 saturated heterocycles. The monoisotopic (exact) mass is 331 g/mol. The summed E-state index contributed by atoms with van der Waals surface area (Å²) in [5.41, 5.74) is 14.6. The van der Waals surface area contributed by atoms with Crippen LogP contribution < -0.4 is 16.9 Å². The zero-order valence-electron chi connectivity index (χ0n) is 11.9. The number of nitrogens with zero attached hydrogens (tertiary/aromatic N) is 2. The summed E-state index contributed by atoms with van der Waals surface area (Å²) in [7, 11) is 0. The van der Waals surface area contributed by atoms with Gasteiger partial charge in [-0.2, -0.15) is 4.99 Å². The second-order valence-electron chi connectivity index (χ2n) is 4.53. The molecule has 0 aromatic heterocycles.